The first-order valence-corrected chi connectivity index (χ1v) is 9.29. The van der Waals surface area contributed by atoms with Crippen LogP contribution in [0.5, 0.6) is 0 Å². The molecule has 8 nitrogen and oxygen atoms in total. The number of nitro groups is 1. The van der Waals surface area contributed by atoms with Crippen molar-refractivity contribution in [1.29, 1.82) is 0 Å². The van der Waals surface area contributed by atoms with Crippen LogP contribution < -0.4 is 10.2 Å². The summed E-state index contributed by atoms with van der Waals surface area (Å²) in [5, 5.41) is 14.2. The fourth-order valence-corrected chi connectivity index (χ4v) is 2.88. The third-order valence-corrected chi connectivity index (χ3v) is 4.83. The summed E-state index contributed by atoms with van der Waals surface area (Å²) in [5.41, 5.74) is 0.455. The first kappa shape index (κ1) is 20.7. The number of benzene rings is 1. The number of rotatable bonds is 7. The number of carbonyl (C=O) groups is 2. The number of nitro benzene ring substituents is 1. The van der Waals surface area contributed by atoms with Gasteiger partial charge in [0.1, 0.15) is 5.69 Å². The Kier molecular flexibility index (Phi) is 7.15. The first-order valence-electron chi connectivity index (χ1n) is 9.29. The average Bonchev–Trinajstić information content (AvgIpc) is 2.66. The number of hydrogen-bond acceptors (Lipinski definition) is 6. The number of nitrogens with one attached hydrogen (secondary N) is 1. The van der Waals surface area contributed by atoms with E-state index in [1.54, 1.807) is 6.07 Å². The summed E-state index contributed by atoms with van der Waals surface area (Å²) >= 11 is 0. The largest absolute Gasteiger partial charge is 0.452 e. The van der Waals surface area contributed by atoms with Gasteiger partial charge in [0.05, 0.1) is 10.5 Å². The molecule has 1 aliphatic rings. The van der Waals surface area contributed by atoms with E-state index in [4.69, 9.17) is 4.74 Å². The number of ether oxygens (including phenoxy) is 1. The van der Waals surface area contributed by atoms with Crippen LogP contribution in [-0.2, 0) is 9.53 Å². The van der Waals surface area contributed by atoms with Gasteiger partial charge >= 0.3 is 5.97 Å². The van der Waals surface area contributed by atoms with E-state index >= 15 is 0 Å². The fraction of sp³-hybridized carbons (Fsp3) is 0.579. The van der Waals surface area contributed by atoms with Gasteiger partial charge in [0.2, 0.25) is 0 Å². The molecule has 0 radical (unpaired) electrons. The summed E-state index contributed by atoms with van der Waals surface area (Å²) < 4.78 is 5.00. The summed E-state index contributed by atoms with van der Waals surface area (Å²) in [7, 11) is 0. The van der Waals surface area contributed by atoms with E-state index in [1.165, 1.54) is 12.1 Å². The predicted molar refractivity (Wildman–Crippen MR) is 102 cm³/mol. The molecule has 1 atom stereocenters. The molecule has 2 rings (SSSR count). The Balaban J connectivity index is 2.05. The second-order valence-electron chi connectivity index (χ2n) is 7.18. The van der Waals surface area contributed by atoms with E-state index in [9.17, 15) is 19.7 Å². The van der Waals surface area contributed by atoms with E-state index in [-0.39, 0.29) is 23.2 Å². The van der Waals surface area contributed by atoms with Gasteiger partial charge in [-0.1, -0.05) is 13.8 Å². The molecule has 1 aromatic carbocycles. The molecule has 0 unspecified atom stereocenters. The van der Waals surface area contributed by atoms with Crippen LogP contribution in [0.1, 0.15) is 50.4 Å². The minimum atomic E-state index is -0.754. The first-order chi connectivity index (χ1) is 12.8. The molecular weight excluding hydrogens is 350 g/mol. The van der Waals surface area contributed by atoms with Crippen LogP contribution >= 0.6 is 0 Å². The summed E-state index contributed by atoms with van der Waals surface area (Å²) in [5.74, 6) is -0.894. The van der Waals surface area contributed by atoms with Crippen molar-refractivity contribution in [2.75, 3.05) is 24.6 Å². The molecule has 0 aromatic heterocycles. The van der Waals surface area contributed by atoms with Crippen LogP contribution in [0.2, 0.25) is 0 Å². The molecule has 1 aromatic rings. The summed E-state index contributed by atoms with van der Waals surface area (Å²) in [4.78, 5) is 37.0. The Hall–Kier alpha value is -2.64. The quantitative estimate of drug-likeness (QED) is 0.445. The minimum absolute atomic E-state index is 0.0406. The van der Waals surface area contributed by atoms with Crippen molar-refractivity contribution in [3.8, 4) is 0 Å². The molecule has 0 bridgehead atoms. The highest BCUT2D eigenvalue weighted by Crippen LogP contribution is 2.31. The highest BCUT2D eigenvalue weighted by molar-refractivity contribution is 5.93. The highest BCUT2D eigenvalue weighted by atomic mass is 16.6. The molecule has 1 fully saturated rings. The topological polar surface area (TPSA) is 102 Å². The van der Waals surface area contributed by atoms with Crippen LogP contribution in [0.15, 0.2) is 18.2 Å². The molecule has 0 aliphatic carbocycles. The molecule has 0 saturated carbocycles. The van der Waals surface area contributed by atoms with Crippen molar-refractivity contribution in [1.82, 2.24) is 5.32 Å². The number of carbonyl (C=O) groups excluding carboxylic acids is 2. The number of nitrogens with zero attached hydrogens (tertiary/aromatic N) is 2. The molecule has 27 heavy (non-hydrogen) atoms. The lowest BCUT2D eigenvalue weighted by Gasteiger charge is -2.28. The van der Waals surface area contributed by atoms with Gasteiger partial charge < -0.3 is 15.0 Å². The second kappa shape index (κ2) is 9.34. The zero-order valence-corrected chi connectivity index (χ0v) is 16.1. The maximum atomic E-state index is 12.2. The number of anilines is 1. The van der Waals surface area contributed by atoms with Crippen LogP contribution in [-0.4, -0.2) is 42.5 Å². The zero-order chi connectivity index (χ0) is 20.0. The molecule has 1 saturated heterocycles. The van der Waals surface area contributed by atoms with Crippen molar-refractivity contribution >= 4 is 23.3 Å². The Bertz CT molecular complexity index is 699. The predicted octanol–water partition coefficient (Wildman–Crippen LogP) is 2.90. The minimum Gasteiger partial charge on any atom is -0.452 e. The molecule has 1 N–H and O–H groups in total. The fourth-order valence-electron chi connectivity index (χ4n) is 2.88. The third-order valence-electron chi connectivity index (χ3n) is 4.83. The average molecular weight is 377 g/mol. The van der Waals surface area contributed by atoms with Crippen molar-refractivity contribution < 1.29 is 19.2 Å². The third kappa shape index (κ3) is 5.67. The van der Waals surface area contributed by atoms with Crippen LogP contribution in [0.25, 0.3) is 0 Å². The molecule has 8 heteroatoms. The Morgan fingerprint density at radius 1 is 1.22 bits per heavy atom. The van der Waals surface area contributed by atoms with Gasteiger partial charge in [-0.15, -0.1) is 0 Å². The van der Waals surface area contributed by atoms with Crippen molar-refractivity contribution in [3.05, 3.63) is 33.9 Å². The van der Waals surface area contributed by atoms with Crippen molar-refractivity contribution in [3.63, 3.8) is 0 Å². The van der Waals surface area contributed by atoms with Gasteiger partial charge in [-0.2, -0.15) is 0 Å². The van der Waals surface area contributed by atoms with Crippen LogP contribution in [0, 0.1) is 16.0 Å². The number of amides is 1. The number of hydrogen-bond donors (Lipinski definition) is 1. The van der Waals surface area contributed by atoms with Crippen molar-refractivity contribution in [2.24, 2.45) is 5.92 Å². The zero-order valence-electron chi connectivity index (χ0n) is 16.1. The maximum Gasteiger partial charge on any atom is 0.338 e. The van der Waals surface area contributed by atoms with E-state index < -0.39 is 23.4 Å². The molecular formula is C19H27N3O5. The van der Waals surface area contributed by atoms with Gasteiger partial charge in [0.15, 0.2) is 6.61 Å². The Morgan fingerprint density at radius 2 is 1.89 bits per heavy atom. The lowest BCUT2D eigenvalue weighted by atomic mass is 10.1. The summed E-state index contributed by atoms with van der Waals surface area (Å²) in [6.07, 6.45) is 3.10. The van der Waals surface area contributed by atoms with Gasteiger partial charge in [-0.25, -0.2) is 4.79 Å². The number of piperidine rings is 1. The SMILES string of the molecule is CC(C)[C@H](C)NC(=O)COC(=O)c1ccc(N2CCCCC2)c([N+](=O)[O-])c1. The molecule has 1 aliphatic heterocycles. The van der Waals surface area contributed by atoms with Gasteiger partial charge in [0.25, 0.3) is 11.6 Å². The van der Waals surface area contributed by atoms with E-state index in [0.717, 1.165) is 32.4 Å². The lowest BCUT2D eigenvalue weighted by molar-refractivity contribution is -0.384. The monoisotopic (exact) mass is 377 g/mol. The smallest absolute Gasteiger partial charge is 0.338 e. The molecule has 0 spiro atoms. The molecule has 1 heterocycles. The summed E-state index contributed by atoms with van der Waals surface area (Å²) in [6, 6.07) is 4.27. The second-order valence-corrected chi connectivity index (χ2v) is 7.18. The van der Waals surface area contributed by atoms with Crippen LogP contribution in [0.4, 0.5) is 11.4 Å². The summed E-state index contributed by atoms with van der Waals surface area (Å²) in [6.45, 7) is 6.92. The van der Waals surface area contributed by atoms with Gasteiger partial charge in [-0.05, 0) is 44.2 Å². The van der Waals surface area contributed by atoms with E-state index in [1.807, 2.05) is 25.7 Å². The Labute approximate surface area is 159 Å². The van der Waals surface area contributed by atoms with Crippen LogP contribution in [0.3, 0.4) is 0 Å². The highest BCUT2D eigenvalue weighted by Gasteiger charge is 2.24. The standard InChI is InChI=1S/C19H27N3O5/c1-13(2)14(3)20-18(23)12-27-19(24)15-7-8-16(17(11-15)22(25)26)21-9-5-4-6-10-21/h7-8,11,13-14H,4-6,9-10,12H2,1-3H3,(H,20,23)/t14-/m0/s1. The normalized spacial score (nSPS) is 15.3. The van der Waals surface area contributed by atoms with E-state index in [0.29, 0.717) is 5.69 Å². The molecule has 148 valence electrons. The number of esters is 1. The van der Waals surface area contributed by atoms with Gasteiger partial charge in [0, 0.05) is 25.2 Å². The lowest BCUT2D eigenvalue weighted by Crippen LogP contribution is -2.38. The van der Waals surface area contributed by atoms with Crippen molar-refractivity contribution in [2.45, 2.75) is 46.1 Å². The van der Waals surface area contributed by atoms with Gasteiger partial charge in [-0.3, -0.25) is 14.9 Å². The maximum absolute atomic E-state index is 12.2. The van der Waals surface area contributed by atoms with E-state index in [2.05, 4.69) is 5.32 Å². The Morgan fingerprint density at radius 3 is 2.48 bits per heavy atom. The molecule has 1 amide bonds.